The van der Waals surface area contributed by atoms with Crippen LogP contribution in [0.4, 0.5) is 13.2 Å². The number of aromatic nitrogens is 3. The standard InChI is InChI=1S/C16H19F3N4O/c1-10(2)9-22(4)15(24)13-8-21-23(11(13)3)14-6-5-12(7-20-14)16(17,18)19/h5-8,10H,9H2,1-4H3. The summed E-state index contributed by atoms with van der Waals surface area (Å²) < 4.78 is 39.1. The zero-order valence-electron chi connectivity index (χ0n) is 13.9. The van der Waals surface area contributed by atoms with E-state index in [9.17, 15) is 18.0 Å². The van der Waals surface area contributed by atoms with E-state index in [1.54, 1.807) is 18.9 Å². The lowest BCUT2D eigenvalue weighted by atomic mass is 10.2. The zero-order valence-corrected chi connectivity index (χ0v) is 13.9. The van der Waals surface area contributed by atoms with Crippen molar-refractivity contribution >= 4 is 5.91 Å². The number of halogens is 3. The smallest absolute Gasteiger partial charge is 0.341 e. The molecule has 0 aliphatic heterocycles. The highest BCUT2D eigenvalue weighted by molar-refractivity contribution is 5.95. The van der Waals surface area contributed by atoms with E-state index in [1.165, 1.54) is 16.9 Å². The van der Waals surface area contributed by atoms with Crippen molar-refractivity contribution in [1.82, 2.24) is 19.7 Å². The highest BCUT2D eigenvalue weighted by Crippen LogP contribution is 2.28. The predicted molar refractivity (Wildman–Crippen MR) is 82.9 cm³/mol. The van der Waals surface area contributed by atoms with Gasteiger partial charge in [0.25, 0.3) is 5.91 Å². The zero-order chi connectivity index (χ0) is 18.1. The van der Waals surface area contributed by atoms with E-state index >= 15 is 0 Å². The summed E-state index contributed by atoms with van der Waals surface area (Å²) in [5, 5.41) is 4.09. The van der Waals surface area contributed by atoms with Gasteiger partial charge in [0.15, 0.2) is 5.82 Å². The molecule has 0 aliphatic rings. The lowest BCUT2D eigenvalue weighted by Crippen LogP contribution is -2.30. The second-order valence-electron chi connectivity index (χ2n) is 6.04. The minimum atomic E-state index is -4.44. The molecule has 1 amide bonds. The molecule has 0 saturated heterocycles. The van der Waals surface area contributed by atoms with Gasteiger partial charge in [-0.25, -0.2) is 9.67 Å². The summed E-state index contributed by atoms with van der Waals surface area (Å²) in [4.78, 5) is 17.8. The molecule has 0 spiro atoms. The topological polar surface area (TPSA) is 51.0 Å². The fourth-order valence-corrected chi connectivity index (χ4v) is 2.37. The Bertz CT molecular complexity index is 720. The van der Waals surface area contributed by atoms with E-state index < -0.39 is 11.7 Å². The molecular formula is C16H19F3N4O. The lowest BCUT2D eigenvalue weighted by molar-refractivity contribution is -0.137. The van der Waals surface area contributed by atoms with Crippen LogP contribution < -0.4 is 0 Å². The fraction of sp³-hybridized carbons (Fsp3) is 0.438. The Morgan fingerprint density at radius 1 is 1.29 bits per heavy atom. The van der Waals surface area contributed by atoms with Crippen molar-refractivity contribution in [3.8, 4) is 5.82 Å². The van der Waals surface area contributed by atoms with Crippen LogP contribution in [0.3, 0.4) is 0 Å². The molecule has 2 aromatic heterocycles. The fourth-order valence-electron chi connectivity index (χ4n) is 2.37. The van der Waals surface area contributed by atoms with Gasteiger partial charge < -0.3 is 4.90 Å². The maximum atomic E-state index is 12.6. The first-order valence-corrected chi connectivity index (χ1v) is 7.45. The summed E-state index contributed by atoms with van der Waals surface area (Å²) in [5.41, 5.74) is 0.103. The van der Waals surface area contributed by atoms with E-state index in [4.69, 9.17) is 0 Å². The number of carbonyl (C=O) groups excluding carboxylic acids is 1. The van der Waals surface area contributed by atoms with Crippen molar-refractivity contribution in [2.45, 2.75) is 26.9 Å². The van der Waals surface area contributed by atoms with Crippen molar-refractivity contribution < 1.29 is 18.0 Å². The molecule has 0 aromatic carbocycles. The highest BCUT2D eigenvalue weighted by atomic mass is 19.4. The number of alkyl halides is 3. The van der Waals surface area contributed by atoms with Gasteiger partial charge >= 0.3 is 6.18 Å². The summed E-state index contributed by atoms with van der Waals surface area (Å²) in [6.45, 7) is 6.29. The van der Waals surface area contributed by atoms with Crippen LogP contribution in [-0.2, 0) is 6.18 Å². The Kier molecular flexibility index (Phi) is 4.96. The monoisotopic (exact) mass is 340 g/mol. The molecule has 0 N–H and O–H groups in total. The number of nitrogens with zero attached hydrogens (tertiary/aromatic N) is 4. The number of pyridine rings is 1. The first kappa shape index (κ1) is 18.0. The number of carbonyl (C=O) groups is 1. The van der Waals surface area contributed by atoms with Crippen LogP contribution >= 0.6 is 0 Å². The Balaban J connectivity index is 2.28. The summed E-state index contributed by atoms with van der Waals surface area (Å²) in [7, 11) is 1.70. The van der Waals surface area contributed by atoms with Crippen molar-refractivity contribution in [1.29, 1.82) is 0 Å². The van der Waals surface area contributed by atoms with E-state index in [1.807, 2.05) is 13.8 Å². The van der Waals surface area contributed by atoms with Gasteiger partial charge in [0.1, 0.15) is 0 Å². The molecule has 0 unspecified atom stereocenters. The quantitative estimate of drug-likeness (QED) is 0.858. The second-order valence-corrected chi connectivity index (χ2v) is 6.04. The molecule has 130 valence electrons. The minimum absolute atomic E-state index is 0.181. The molecule has 2 rings (SSSR count). The molecule has 24 heavy (non-hydrogen) atoms. The molecule has 0 aliphatic carbocycles. The summed E-state index contributed by atoms with van der Waals surface area (Å²) in [5.74, 6) is 0.372. The van der Waals surface area contributed by atoms with Crippen molar-refractivity contribution in [3.05, 3.63) is 41.3 Å². The van der Waals surface area contributed by atoms with Crippen LogP contribution in [0.1, 0.15) is 35.5 Å². The number of rotatable bonds is 4. The summed E-state index contributed by atoms with van der Waals surface area (Å²) in [6, 6.07) is 2.17. The van der Waals surface area contributed by atoms with Crippen LogP contribution in [0, 0.1) is 12.8 Å². The summed E-state index contributed by atoms with van der Waals surface area (Å²) in [6.07, 6.45) is -2.28. The number of hydrogen-bond donors (Lipinski definition) is 0. The molecule has 0 radical (unpaired) electrons. The molecule has 2 aromatic rings. The molecule has 0 saturated carbocycles. The van der Waals surface area contributed by atoms with Gasteiger partial charge in [-0.15, -0.1) is 0 Å². The minimum Gasteiger partial charge on any atom is -0.341 e. The molecule has 0 fully saturated rings. The van der Waals surface area contributed by atoms with Crippen LogP contribution in [0.15, 0.2) is 24.5 Å². The molecule has 2 heterocycles. The Morgan fingerprint density at radius 2 is 1.96 bits per heavy atom. The van der Waals surface area contributed by atoms with Crippen LogP contribution in [0.5, 0.6) is 0 Å². The number of hydrogen-bond acceptors (Lipinski definition) is 3. The largest absolute Gasteiger partial charge is 0.417 e. The van der Waals surface area contributed by atoms with Crippen molar-refractivity contribution in [2.24, 2.45) is 5.92 Å². The first-order valence-electron chi connectivity index (χ1n) is 7.45. The Hall–Kier alpha value is -2.38. The van der Waals surface area contributed by atoms with Crippen LogP contribution in [0.2, 0.25) is 0 Å². The highest BCUT2D eigenvalue weighted by Gasteiger charge is 2.31. The van der Waals surface area contributed by atoms with Gasteiger partial charge in [-0.2, -0.15) is 18.3 Å². The first-order chi connectivity index (χ1) is 11.1. The Morgan fingerprint density at radius 3 is 2.46 bits per heavy atom. The van der Waals surface area contributed by atoms with Crippen molar-refractivity contribution in [2.75, 3.05) is 13.6 Å². The molecular weight excluding hydrogens is 321 g/mol. The van der Waals surface area contributed by atoms with Crippen LogP contribution in [-0.4, -0.2) is 39.2 Å². The summed E-state index contributed by atoms with van der Waals surface area (Å²) >= 11 is 0. The van der Waals surface area contributed by atoms with Crippen molar-refractivity contribution in [3.63, 3.8) is 0 Å². The van der Waals surface area contributed by atoms with E-state index in [2.05, 4.69) is 10.1 Å². The second kappa shape index (κ2) is 6.62. The van der Waals surface area contributed by atoms with E-state index in [0.717, 1.165) is 12.3 Å². The average molecular weight is 340 g/mol. The van der Waals surface area contributed by atoms with Crippen LogP contribution in [0.25, 0.3) is 5.82 Å². The third-order valence-corrected chi connectivity index (χ3v) is 3.52. The third kappa shape index (κ3) is 3.74. The number of amides is 1. The van der Waals surface area contributed by atoms with E-state index in [0.29, 0.717) is 23.7 Å². The Labute approximate surface area is 138 Å². The molecule has 0 atom stereocenters. The predicted octanol–water partition coefficient (Wildman–Crippen LogP) is 3.32. The maximum Gasteiger partial charge on any atom is 0.417 e. The lowest BCUT2D eigenvalue weighted by Gasteiger charge is -2.19. The maximum absolute atomic E-state index is 12.6. The van der Waals surface area contributed by atoms with Gasteiger partial charge in [0, 0.05) is 19.8 Å². The van der Waals surface area contributed by atoms with Gasteiger partial charge in [0.2, 0.25) is 0 Å². The molecule has 0 bridgehead atoms. The third-order valence-electron chi connectivity index (χ3n) is 3.52. The van der Waals surface area contributed by atoms with Gasteiger partial charge in [-0.3, -0.25) is 4.79 Å². The van der Waals surface area contributed by atoms with E-state index in [-0.39, 0.29) is 11.7 Å². The molecule has 8 heteroatoms. The van der Waals surface area contributed by atoms with Gasteiger partial charge in [-0.05, 0) is 25.0 Å². The molecule has 5 nitrogen and oxygen atoms in total. The average Bonchev–Trinajstić information content (AvgIpc) is 2.86. The van der Waals surface area contributed by atoms with Gasteiger partial charge in [0.05, 0.1) is 23.0 Å². The normalized spacial score (nSPS) is 11.8. The van der Waals surface area contributed by atoms with Gasteiger partial charge in [-0.1, -0.05) is 13.8 Å². The SMILES string of the molecule is Cc1c(C(=O)N(C)CC(C)C)cnn1-c1ccc(C(F)(F)F)cn1.